The Morgan fingerprint density at radius 2 is 1.27 bits per heavy atom. The number of hydrogen-bond acceptors (Lipinski definition) is 8. The predicted octanol–water partition coefficient (Wildman–Crippen LogP) is 11.7. The molecule has 2 atom stereocenters. The lowest BCUT2D eigenvalue weighted by atomic mass is 9.94. The van der Waals surface area contributed by atoms with Crippen molar-refractivity contribution < 1.29 is 47.2 Å². The Morgan fingerprint density at radius 1 is 0.730 bits per heavy atom. The summed E-state index contributed by atoms with van der Waals surface area (Å²) in [4.78, 5) is 26.5. The Morgan fingerprint density at radius 3 is 1.82 bits per heavy atom. The van der Waals surface area contributed by atoms with Crippen LogP contribution in [-0.4, -0.2) is 94.1 Å². The van der Waals surface area contributed by atoms with E-state index in [4.69, 9.17) is 28.1 Å². The number of aryl methyl sites for hydroxylation is 1. The molecule has 7 rings (SSSR count). The Hall–Kier alpha value is -5.77. The van der Waals surface area contributed by atoms with Crippen LogP contribution in [0.25, 0.3) is 22.4 Å². The number of carbonyl (C=O) groups is 2. The van der Waals surface area contributed by atoms with Crippen LogP contribution in [-0.2, 0) is 45.9 Å². The van der Waals surface area contributed by atoms with Crippen molar-refractivity contribution in [2.75, 3.05) is 51.6 Å². The molecule has 13 heteroatoms. The molecule has 0 radical (unpaired) electrons. The minimum Gasteiger partial charge on any atom is -0.481 e. The van der Waals surface area contributed by atoms with Crippen molar-refractivity contribution in [3.8, 4) is 22.4 Å². The molecule has 0 spiro atoms. The van der Waals surface area contributed by atoms with Crippen LogP contribution in [0.4, 0.5) is 10.1 Å². The van der Waals surface area contributed by atoms with Gasteiger partial charge in [-0.15, -0.1) is 0 Å². The molecule has 1 aliphatic heterocycles. The number of benzene rings is 5. The number of carboxylic acids is 1. The third-order valence-corrected chi connectivity index (χ3v) is 18.5. The first-order valence-electron chi connectivity index (χ1n) is 26.1. The lowest BCUT2D eigenvalue weighted by Crippen LogP contribution is -2.66. The highest BCUT2D eigenvalue weighted by atomic mass is 28.4. The van der Waals surface area contributed by atoms with Gasteiger partial charge in [-0.3, -0.25) is 9.59 Å². The van der Waals surface area contributed by atoms with Crippen LogP contribution < -0.4 is 15.7 Å². The second-order valence-electron chi connectivity index (χ2n) is 20.8. The summed E-state index contributed by atoms with van der Waals surface area (Å²) in [5.41, 5.74) is 6.31. The van der Waals surface area contributed by atoms with E-state index in [2.05, 4.69) is 93.0 Å². The number of amides is 1. The molecule has 11 nitrogen and oxygen atoms in total. The fraction of sp³-hybridized carbons (Fsp3) is 0.410. The highest BCUT2D eigenvalue weighted by Crippen LogP contribution is 2.43. The maximum Gasteiger partial charge on any atom is 0.305 e. The smallest absolute Gasteiger partial charge is 0.305 e. The molecule has 1 fully saturated rings. The second-order valence-corrected chi connectivity index (χ2v) is 25.1. The Labute approximate surface area is 438 Å². The van der Waals surface area contributed by atoms with Gasteiger partial charge in [0.1, 0.15) is 5.82 Å². The van der Waals surface area contributed by atoms with Crippen LogP contribution in [0.1, 0.15) is 102 Å². The molecule has 2 heterocycles. The fourth-order valence-electron chi connectivity index (χ4n) is 10.4. The first-order valence-corrected chi connectivity index (χ1v) is 28.0. The molecular formula is C61H75FN2O9Si. The quantitative estimate of drug-likeness (QED) is 0.0403. The number of aromatic nitrogens is 1. The maximum atomic E-state index is 14.8. The molecule has 6 aromatic rings. The van der Waals surface area contributed by atoms with Gasteiger partial charge in [0.15, 0.2) is 5.79 Å². The van der Waals surface area contributed by atoms with Crippen LogP contribution in [0.5, 0.6) is 0 Å². The van der Waals surface area contributed by atoms with Crippen LogP contribution in [0.3, 0.4) is 0 Å². The van der Waals surface area contributed by atoms with Crippen LogP contribution >= 0.6 is 0 Å². The lowest BCUT2D eigenvalue weighted by molar-refractivity contribution is -0.300. The van der Waals surface area contributed by atoms with E-state index in [1.165, 1.54) is 22.5 Å². The minimum absolute atomic E-state index is 0.0891. The molecule has 394 valence electrons. The van der Waals surface area contributed by atoms with Crippen molar-refractivity contribution in [3.05, 3.63) is 162 Å². The number of rotatable bonds is 26. The van der Waals surface area contributed by atoms with E-state index in [9.17, 15) is 19.1 Å². The van der Waals surface area contributed by atoms with Gasteiger partial charge in [-0.05, 0) is 108 Å². The van der Waals surface area contributed by atoms with Gasteiger partial charge in [0.25, 0.3) is 14.2 Å². The number of halogens is 1. The normalized spacial score (nSPS) is 15.9. The zero-order valence-corrected chi connectivity index (χ0v) is 45.2. The molecule has 0 saturated carbocycles. The monoisotopic (exact) mass is 1030 g/mol. The van der Waals surface area contributed by atoms with Gasteiger partial charge in [0.05, 0.1) is 69.5 Å². The molecule has 1 aliphatic rings. The van der Waals surface area contributed by atoms with E-state index in [1.54, 1.807) is 26.0 Å². The van der Waals surface area contributed by atoms with Crippen LogP contribution in [0.2, 0.25) is 5.04 Å². The standard InChI is InChI=1S/C61H75FN2O9Si/c1-44(2)57-56(55(46-19-11-8-12-20-46)58(47-27-29-48(62)30-28-47)64(57)34-33-50-42-51(43-54(65)66)73-61(6,7)72-50)59(67)63-49-31-25-45(26-32-49)18-17-35-68-36-37-69-38-39-70-40-41-71-74(60(3,4)5,52-21-13-9-14-22-52)53-23-15-10-16-24-53/h8-16,19-32,44,50-51H,17-18,33-43H2,1-7H3,(H,63,67)(H,65,66)/t50-,51-/m1/s1. The molecular weight excluding hydrogens is 952 g/mol. The summed E-state index contributed by atoms with van der Waals surface area (Å²) in [6, 6.07) is 45.3. The Kier molecular flexibility index (Phi) is 19.8. The van der Waals surface area contributed by atoms with Crippen LogP contribution in [0.15, 0.2) is 140 Å². The summed E-state index contributed by atoms with van der Waals surface area (Å²) in [5.74, 6) is -2.61. The van der Waals surface area contributed by atoms with Crippen molar-refractivity contribution in [1.29, 1.82) is 0 Å². The summed E-state index contributed by atoms with van der Waals surface area (Å²) >= 11 is 0. The van der Waals surface area contributed by atoms with E-state index in [0.717, 1.165) is 46.5 Å². The van der Waals surface area contributed by atoms with Crippen molar-refractivity contribution in [1.82, 2.24) is 4.57 Å². The number of nitrogens with one attached hydrogen (secondary N) is 1. The SMILES string of the molecule is CC(C)c1c(C(=O)Nc2ccc(CCCOCCOCCOCCO[Si](c3ccccc3)(c3ccccc3)C(C)(C)C)cc2)c(-c2ccccc2)c(-c2ccc(F)cc2)n1CC[C@@H]1C[C@H](CC(=O)O)OC(C)(C)O1. The zero-order valence-electron chi connectivity index (χ0n) is 44.2. The summed E-state index contributed by atoms with van der Waals surface area (Å²) in [5, 5.41) is 15.2. The average molecular weight is 1030 g/mol. The van der Waals surface area contributed by atoms with Crippen molar-refractivity contribution in [3.63, 3.8) is 0 Å². The summed E-state index contributed by atoms with van der Waals surface area (Å²) < 4.78 is 53.5. The molecule has 1 aromatic heterocycles. The third-order valence-electron chi connectivity index (χ3n) is 13.4. The fourth-order valence-corrected chi connectivity index (χ4v) is 14.9. The predicted molar refractivity (Wildman–Crippen MR) is 293 cm³/mol. The van der Waals surface area contributed by atoms with E-state index >= 15 is 0 Å². The highest BCUT2D eigenvalue weighted by Gasteiger charge is 2.50. The summed E-state index contributed by atoms with van der Waals surface area (Å²) in [7, 11) is -2.60. The van der Waals surface area contributed by atoms with Gasteiger partial charge >= 0.3 is 5.97 Å². The van der Waals surface area contributed by atoms with Gasteiger partial charge in [0, 0.05) is 36.5 Å². The number of anilines is 1. The first kappa shape index (κ1) is 56.0. The topological polar surface area (TPSA) is 127 Å². The second kappa shape index (κ2) is 26.1. The zero-order chi connectivity index (χ0) is 52.7. The van der Waals surface area contributed by atoms with E-state index in [1.807, 2.05) is 66.7 Å². The molecule has 74 heavy (non-hydrogen) atoms. The van der Waals surface area contributed by atoms with E-state index in [0.29, 0.717) is 76.9 Å². The molecule has 0 unspecified atom stereocenters. The van der Waals surface area contributed by atoms with Crippen molar-refractivity contribution in [2.45, 2.75) is 116 Å². The Bertz CT molecular complexity index is 2650. The van der Waals surface area contributed by atoms with Crippen molar-refractivity contribution in [2.24, 2.45) is 0 Å². The van der Waals surface area contributed by atoms with Gasteiger partial charge in [-0.25, -0.2) is 4.39 Å². The summed E-state index contributed by atoms with van der Waals surface area (Å²) in [6.45, 7) is 18.5. The molecule has 2 N–H and O–H groups in total. The van der Waals surface area contributed by atoms with Gasteiger partial charge < -0.3 is 43.1 Å². The molecule has 1 saturated heterocycles. The number of hydrogen-bond donors (Lipinski definition) is 2. The molecule has 0 aliphatic carbocycles. The van der Waals surface area contributed by atoms with E-state index < -0.39 is 26.2 Å². The Balaban J connectivity index is 0.917. The number of ether oxygens (including phenoxy) is 5. The van der Waals surface area contributed by atoms with Gasteiger partial charge in [-0.1, -0.05) is 138 Å². The average Bonchev–Trinajstić information content (AvgIpc) is 3.72. The number of carboxylic acid groups (broad SMARTS) is 1. The minimum atomic E-state index is -2.60. The summed E-state index contributed by atoms with van der Waals surface area (Å²) in [6.07, 6.45) is 1.65. The number of carbonyl (C=O) groups excluding carboxylic acids is 1. The van der Waals surface area contributed by atoms with Crippen molar-refractivity contribution >= 4 is 36.3 Å². The number of aliphatic carboxylic acids is 1. The lowest BCUT2D eigenvalue weighted by Gasteiger charge is -2.43. The molecule has 5 aromatic carbocycles. The first-order chi connectivity index (χ1) is 35.6. The highest BCUT2D eigenvalue weighted by molar-refractivity contribution is 6.99. The van der Waals surface area contributed by atoms with Gasteiger partial charge in [0.2, 0.25) is 0 Å². The van der Waals surface area contributed by atoms with Crippen LogP contribution in [0, 0.1) is 5.82 Å². The largest absolute Gasteiger partial charge is 0.481 e. The maximum absolute atomic E-state index is 14.8. The number of nitrogens with zero attached hydrogens (tertiary/aromatic N) is 1. The third kappa shape index (κ3) is 14.5. The molecule has 0 bridgehead atoms. The van der Waals surface area contributed by atoms with Gasteiger partial charge in [-0.2, -0.15) is 0 Å². The van der Waals surface area contributed by atoms with E-state index in [-0.39, 0.29) is 35.2 Å². The molecule has 1 amide bonds.